The minimum absolute atomic E-state index is 0.0215. The third kappa shape index (κ3) is 3.40. The minimum atomic E-state index is -0.845. The van der Waals surface area contributed by atoms with E-state index in [9.17, 15) is 9.59 Å². The first-order valence-electron chi connectivity index (χ1n) is 6.77. The molecule has 1 amide bonds. The quantitative estimate of drug-likeness (QED) is 0.849. The summed E-state index contributed by atoms with van der Waals surface area (Å²) in [6.07, 6.45) is 7.30. The molecule has 2 unspecified atom stereocenters. The van der Waals surface area contributed by atoms with Gasteiger partial charge in [0.25, 0.3) is 0 Å². The van der Waals surface area contributed by atoms with Crippen LogP contribution in [0.4, 0.5) is 0 Å². The highest BCUT2D eigenvalue weighted by molar-refractivity contribution is 8.00. The summed E-state index contributed by atoms with van der Waals surface area (Å²) in [6.45, 7) is 0.869. The van der Waals surface area contributed by atoms with Crippen molar-refractivity contribution in [2.45, 2.75) is 44.6 Å². The molecule has 0 aromatic heterocycles. The van der Waals surface area contributed by atoms with E-state index in [1.165, 1.54) is 37.4 Å². The molecule has 2 aliphatic rings. The number of carboxylic acid groups (broad SMARTS) is 1. The minimum Gasteiger partial charge on any atom is -0.481 e. The van der Waals surface area contributed by atoms with E-state index in [1.807, 2.05) is 4.90 Å². The largest absolute Gasteiger partial charge is 0.481 e. The second-order valence-electron chi connectivity index (χ2n) is 5.23. The molecule has 1 heterocycles. The van der Waals surface area contributed by atoms with E-state index in [2.05, 4.69) is 0 Å². The molecule has 5 heteroatoms. The van der Waals surface area contributed by atoms with Gasteiger partial charge >= 0.3 is 5.97 Å². The molecule has 102 valence electrons. The van der Waals surface area contributed by atoms with Crippen LogP contribution in [0.25, 0.3) is 0 Å². The number of likely N-dealkylation sites (tertiary alicyclic amines) is 1. The van der Waals surface area contributed by atoms with Gasteiger partial charge in [0.1, 0.15) is 0 Å². The van der Waals surface area contributed by atoms with Gasteiger partial charge in [0, 0.05) is 12.6 Å². The first kappa shape index (κ1) is 13.7. The Kier molecular flexibility index (Phi) is 4.92. The third-order valence-corrected chi connectivity index (χ3v) is 4.92. The first-order chi connectivity index (χ1) is 8.68. The molecule has 1 aliphatic heterocycles. The molecule has 2 fully saturated rings. The smallest absolute Gasteiger partial charge is 0.313 e. The highest BCUT2D eigenvalue weighted by Gasteiger charge is 2.35. The number of carbonyl (C=O) groups excluding carboxylic acids is 1. The molecule has 1 saturated carbocycles. The SMILES string of the molecule is O=C(O)CSCC(=O)N1CCCC2CCCCC21. The fraction of sp³-hybridized carbons (Fsp3) is 0.846. The fourth-order valence-corrected chi connectivity index (χ4v) is 3.86. The normalized spacial score (nSPS) is 27.7. The van der Waals surface area contributed by atoms with Crippen molar-refractivity contribution in [2.75, 3.05) is 18.1 Å². The van der Waals surface area contributed by atoms with E-state index in [4.69, 9.17) is 5.11 Å². The lowest BCUT2D eigenvalue weighted by Crippen LogP contribution is -2.50. The second kappa shape index (κ2) is 6.45. The molecule has 0 aromatic rings. The average molecular weight is 271 g/mol. The van der Waals surface area contributed by atoms with Crippen LogP contribution in [0.2, 0.25) is 0 Å². The molecular formula is C13H21NO3S. The van der Waals surface area contributed by atoms with Crippen molar-refractivity contribution >= 4 is 23.6 Å². The van der Waals surface area contributed by atoms with Crippen molar-refractivity contribution in [1.82, 2.24) is 4.90 Å². The van der Waals surface area contributed by atoms with Gasteiger partial charge in [0.15, 0.2) is 0 Å². The molecule has 2 rings (SSSR count). The Balaban J connectivity index is 1.85. The fourth-order valence-electron chi connectivity index (χ4n) is 3.24. The molecule has 1 saturated heterocycles. The molecule has 0 bridgehead atoms. The van der Waals surface area contributed by atoms with E-state index < -0.39 is 5.97 Å². The Bertz CT molecular complexity index is 319. The number of nitrogens with zero attached hydrogens (tertiary/aromatic N) is 1. The van der Waals surface area contributed by atoms with Gasteiger partial charge in [-0.15, -0.1) is 11.8 Å². The van der Waals surface area contributed by atoms with Gasteiger partial charge in [-0.25, -0.2) is 0 Å². The Morgan fingerprint density at radius 3 is 2.61 bits per heavy atom. The Labute approximate surface area is 112 Å². The number of amides is 1. The van der Waals surface area contributed by atoms with Gasteiger partial charge in [-0.3, -0.25) is 9.59 Å². The summed E-state index contributed by atoms with van der Waals surface area (Å²) in [5.74, 6) is 0.323. The Morgan fingerprint density at radius 2 is 1.83 bits per heavy atom. The molecular weight excluding hydrogens is 250 g/mol. The van der Waals surface area contributed by atoms with Gasteiger partial charge in [0.2, 0.25) is 5.91 Å². The number of carbonyl (C=O) groups is 2. The summed E-state index contributed by atoms with van der Waals surface area (Å²) >= 11 is 1.21. The molecule has 0 aromatic carbocycles. The van der Waals surface area contributed by atoms with Crippen LogP contribution in [0.1, 0.15) is 38.5 Å². The highest BCUT2D eigenvalue weighted by atomic mass is 32.2. The number of piperidine rings is 1. The summed E-state index contributed by atoms with van der Waals surface area (Å²) in [4.78, 5) is 24.6. The van der Waals surface area contributed by atoms with E-state index in [0.29, 0.717) is 17.7 Å². The van der Waals surface area contributed by atoms with Crippen molar-refractivity contribution in [3.8, 4) is 0 Å². The van der Waals surface area contributed by atoms with E-state index in [0.717, 1.165) is 19.4 Å². The Hall–Kier alpha value is -0.710. The summed E-state index contributed by atoms with van der Waals surface area (Å²) < 4.78 is 0. The third-order valence-electron chi connectivity index (χ3n) is 4.01. The summed E-state index contributed by atoms with van der Waals surface area (Å²) in [7, 11) is 0. The van der Waals surface area contributed by atoms with Crippen LogP contribution >= 0.6 is 11.8 Å². The van der Waals surface area contributed by atoms with Crippen LogP contribution in [-0.4, -0.2) is 46.0 Å². The monoisotopic (exact) mass is 271 g/mol. The Morgan fingerprint density at radius 1 is 1.11 bits per heavy atom. The average Bonchev–Trinajstić information content (AvgIpc) is 2.37. The number of hydrogen-bond acceptors (Lipinski definition) is 3. The van der Waals surface area contributed by atoms with Gasteiger partial charge in [-0.2, -0.15) is 0 Å². The zero-order chi connectivity index (χ0) is 13.0. The topological polar surface area (TPSA) is 57.6 Å². The maximum Gasteiger partial charge on any atom is 0.313 e. The zero-order valence-corrected chi connectivity index (χ0v) is 11.5. The maximum atomic E-state index is 12.1. The summed E-state index contributed by atoms with van der Waals surface area (Å²) in [5.41, 5.74) is 0. The van der Waals surface area contributed by atoms with Crippen molar-refractivity contribution in [1.29, 1.82) is 0 Å². The summed E-state index contributed by atoms with van der Waals surface area (Å²) in [6, 6.07) is 0.436. The maximum absolute atomic E-state index is 12.1. The standard InChI is InChI=1S/C13H21NO3S/c15-12(8-18-9-13(16)17)14-7-3-5-10-4-1-2-6-11(10)14/h10-11H,1-9H2,(H,16,17). The van der Waals surface area contributed by atoms with Crippen LogP contribution in [0.5, 0.6) is 0 Å². The van der Waals surface area contributed by atoms with Crippen molar-refractivity contribution in [3.63, 3.8) is 0 Å². The second-order valence-corrected chi connectivity index (χ2v) is 6.21. The molecule has 1 N–H and O–H groups in total. The number of thioether (sulfide) groups is 1. The van der Waals surface area contributed by atoms with Gasteiger partial charge in [-0.1, -0.05) is 12.8 Å². The van der Waals surface area contributed by atoms with Crippen LogP contribution in [0.3, 0.4) is 0 Å². The lowest BCUT2D eigenvalue weighted by molar-refractivity contribution is -0.134. The van der Waals surface area contributed by atoms with Gasteiger partial charge < -0.3 is 10.0 Å². The highest BCUT2D eigenvalue weighted by Crippen LogP contribution is 2.35. The number of aliphatic carboxylic acids is 1. The zero-order valence-electron chi connectivity index (χ0n) is 10.6. The number of hydrogen-bond donors (Lipinski definition) is 1. The van der Waals surface area contributed by atoms with E-state index in [1.54, 1.807) is 0 Å². The number of rotatable bonds is 4. The number of carboxylic acids is 1. The predicted octanol–water partition coefficient (Wildman–Crippen LogP) is 1.99. The van der Waals surface area contributed by atoms with E-state index >= 15 is 0 Å². The van der Waals surface area contributed by atoms with Crippen molar-refractivity contribution in [2.24, 2.45) is 5.92 Å². The van der Waals surface area contributed by atoms with E-state index in [-0.39, 0.29) is 11.7 Å². The predicted molar refractivity (Wildman–Crippen MR) is 71.7 cm³/mol. The van der Waals surface area contributed by atoms with Gasteiger partial charge in [-0.05, 0) is 31.6 Å². The molecule has 18 heavy (non-hydrogen) atoms. The van der Waals surface area contributed by atoms with Crippen LogP contribution < -0.4 is 0 Å². The number of fused-ring (bicyclic) bond motifs is 1. The molecule has 0 spiro atoms. The van der Waals surface area contributed by atoms with Crippen molar-refractivity contribution in [3.05, 3.63) is 0 Å². The van der Waals surface area contributed by atoms with Crippen LogP contribution in [-0.2, 0) is 9.59 Å². The summed E-state index contributed by atoms with van der Waals surface area (Å²) in [5, 5.41) is 8.58. The lowest BCUT2D eigenvalue weighted by Gasteiger charge is -2.44. The molecule has 2 atom stereocenters. The first-order valence-corrected chi connectivity index (χ1v) is 7.93. The van der Waals surface area contributed by atoms with Gasteiger partial charge in [0.05, 0.1) is 11.5 Å². The molecule has 0 radical (unpaired) electrons. The van der Waals surface area contributed by atoms with Crippen LogP contribution in [0, 0.1) is 5.92 Å². The van der Waals surface area contributed by atoms with Crippen LogP contribution in [0.15, 0.2) is 0 Å². The molecule has 1 aliphatic carbocycles. The lowest BCUT2D eigenvalue weighted by atomic mass is 9.78. The molecule has 4 nitrogen and oxygen atoms in total. The van der Waals surface area contributed by atoms with Crippen molar-refractivity contribution < 1.29 is 14.7 Å².